The predicted octanol–water partition coefficient (Wildman–Crippen LogP) is 5.97. The van der Waals surface area contributed by atoms with Gasteiger partial charge in [0.2, 0.25) is 0 Å². The van der Waals surface area contributed by atoms with Crippen LogP contribution in [-0.4, -0.2) is 72.9 Å². The van der Waals surface area contributed by atoms with Gasteiger partial charge in [0.25, 0.3) is 0 Å². The summed E-state index contributed by atoms with van der Waals surface area (Å²) < 4.78 is 31.8. The molecule has 0 aliphatic carbocycles. The monoisotopic (exact) mass is 583 g/mol. The third-order valence-corrected chi connectivity index (χ3v) is 7.69. The molecule has 4 atom stereocenters. The fourth-order valence-corrected chi connectivity index (χ4v) is 5.00. The van der Waals surface area contributed by atoms with Crippen LogP contribution in [0.3, 0.4) is 0 Å². The third-order valence-electron chi connectivity index (χ3n) is 6.74. The Hall–Kier alpha value is -0.580. The summed E-state index contributed by atoms with van der Waals surface area (Å²) in [6, 6.07) is -1.45. The van der Waals surface area contributed by atoms with Crippen LogP contribution in [0.2, 0.25) is 0 Å². The molecule has 0 amide bonds. The maximum Gasteiger partial charge on any atom is 0.472 e. The van der Waals surface area contributed by atoms with E-state index in [-0.39, 0.29) is 12.7 Å². The maximum atomic E-state index is 11.7. The van der Waals surface area contributed by atoms with E-state index in [0.29, 0.717) is 6.61 Å². The lowest BCUT2D eigenvalue weighted by Crippen LogP contribution is -2.34. The second-order valence-corrected chi connectivity index (χ2v) is 12.0. The van der Waals surface area contributed by atoms with Crippen LogP contribution in [0.4, 0.5) is 0 Å². The number of aliphatic hydroxyl groups is 1. The van der Waals surface area contributed by atoms with Gasteiger partial charge in [-0.15, -0.1) is 0 Å². The number of aliphatic hydroxyl groups excluding tert-OH is 1. The van der Waals surface area contributed by atoms with Crippen LogP contribution in [0.5, 0.6) is 0 Å². The van der Waals surface area contributed by atoms with Gasteiger partial charge < -0.3 is 30.3 Å². The van der Waals surface area contributed by atoms with Crippen molar-refractivity contribution >= 4 is 13.8 Å². The van der Waals surface area contributed by atoms with E-state index in [2.05, 4.69) is 16.0 Å². The number of phosphoric acid groups is 1. The van der Waals surface area contributed by atoms with Gasteiger partial charge in [-0.2, -0.15) is 0 Å². The highest BCUT2D eigenvalue weighted by atomic mass is 31.2. The molecule has 0 saturated carbocycles. The number of hydrogen-bond acceptors (Lipinski definition) is 8. The fraction of sp³-hybridized carbons (Fsp3) is 0.964. The van der Waals surface area contributed by atoms with Crippen LogP contribution in [0.15, 0.2) is 0 Å². The number of hydrogen-bond donors (Lipinski definition) is 4. The quantitative estimate of drug-likeness (QED) is 0.0587. The van der Waals surface area contributed by atoms with E-state index in [1.807, 2.05) is 0 Å². The molecule has 234 valence electrons. The lowest BCUT2D eigenvalue weighted by molar-refractivity contribution is -0.139. The van der Waals surface area contributed by atoms with Gasteiger partial charge in [-0.1, -0.05) is 116 Å². The summed E-state index contributed by atoms with van der Waals surface area (Å²) in [6.45, 7) is 1.26. The minimum Gasteiger partial charge on any atom is -0.480 e. The topological polar surface area (TPSA) is 158 Å². The highest BCUT2D eigenvalue weighted by molar-refractivity contribution is 7.47. The Morgan fingerprint density at radius 1 is 0.744 bits per heavy atom. The SMILES string of the molecule is CCCCCCCCCCCCCCCCCCCC(COC[C@@H](O)COP(=O)(O)OC[C@H](N)C(=O)O)OC. The first kappa shape index (κ1) is 38.4. The second kappa shape index (κ2) is 26.3. The average Bonchev–Trinajstić information content (AvgIpc) is 2.91. The van der Waals surface area contributed by atoms with Crippen LogP contribution in [0.25, 0.3) is 0 Å². The molecule has 0 bridgehead atoms. The molecule has 0 aromatic heterocycles. The Labute approximate surface area is 236 Å². The van der Waals surface area contributed by atoms with Crippen molar-refractivity contribution in [3.8, 4) is 0 Å². The standard InChI is InChI=1S/C28H58NO9P/c1-3-4-5-6-7-8-9-10-11-12-13-14-15-16-17-18-19-20-26(35-2)23-36-21-25(30)22-37-39(33,34)38-24-27(29)28(31)32/h25-27,30H,3-24,29H2,1-2H3,(H,31,32)(H,33,34)/t25-,26?,27+/m1/s1. The minimum atomic E-state index is -4.52. The van der Waals surface area contributed by atoms with E-state index in [0.717, 1.165) is 19.3 Å². The Balaban J connectivity index is 3.60. The van der Waals surface area contributed by atoms with E-state index in [1.165, 1.54) is 96.3 Å². The van der Waals surface area contributed by atoms with Gasteiger partial charge in [0.15, 0.2) is 0 Å². The van der Waals surface area contributed by atoms with Crippen molar-refractivity contribution in [1.29, 1.82) is 0 Å². The van der Waals surface area contributed by atoms with Crippen molar-refractivity contribution in [2.45, 2.75) is 141 Å². The number of unbranched alkanes of at least 4 members (excludes halogenated alkanes) is 16. The van der Waals surface area contributed by atoms with Crippen LogP contribution in [0.1, 0.15) is 122 Å². The van der Waals surface area contributed by atoms with Gasteiger partial charge in [-0.25, -0.2) is 4.57 Å². The van der Waals surface area contributed by atoms with Crippen LogP contribution >= 0.6 is 7.82 Å². The minimum absolute atomic E-state index is 0.0840. The molecule has 10 nitrogen and oxygen atoms in total. The Kier molecular flexibility index (Phi) is 25.9. The molecular formula is C28H58NO9P. The molecule has 0 aliphatic rings. The smallest absolute Gasteiger partial charge is 0.472 e. The van der Waals surface area contributed by atoms with E-state index in [9.17, 15) is 19.4 Å². The number of aliphatic carboxylic acids is 1. The van der Waals surface area contributed by atoms with Gasteiger partial charge >= 0.3 is 13.8 Å². The van der Waals surface area contributed by atoms with Crippen molar-refractivity contribution in [2.24, 2.45) is 5.73 Å². The molecule has 0 fully saturated rings. The molecule has 0 saturated heterocycles. The zero-order valence-corrected chi connectivity index (χ0v) is 25.5. The molecule has 39 heavy (non-hydrogen) atoms. The number of methoxy groups -OCH3 is 1. The predicted molar refractivity (Wildman–Crippen MR) is 154 cm³/mol. The molecule has 5 N–H and O–H groups in total. The molecule has 0 radical (unpaired) electrons. The first-order valence-electron chi connectivity index (χ1n) is 15.1. The summed E-state index contributed by atoms with van der Waals surface area (Å²) in [7, 11) is -2.90. The van der Waals surface area contributed by atoms with Gasteiger partial charge in [0, 0.05) is 7.11 Å². The first-order valence-corrected chi connectivity index (χ1v) is 16.6. The maximum absolute atomic E-state index is 11.7. The van der Waals surface area contributed by atoms with E-state index in [4.69, 9.17) is 20.3 Å². The number of nitrogens with two attached hydrogens (primary N) is 1. The first-order chi connectivity index (χ1) is 18.7. The average molecular weight is 584 g/mol. The summed E-state index contributed by atoms with van der Waals surface area (Å²) >= 11 is 0. The molecule has 0 rings (SSSR count). The van der Waals surface area contributed by atoms with Crippen molar-refractivity contribution in [3.63, 3.8) is 0 Å². The van der Waals surface area contributed by atoms with Gasteiger partial charge in [-0.3, -0.25) is 13.8 Å². The molecular weight excluding hydrogens is 525 g/mol. The summed E-state index contributed by atoms with van der Waals surface area (Å²) in [6.07, 6.45) is 22.3. The third kappa shape index (κ3) is 26.1. The van der Waals surface area contributed by atoms with E-state index < -0.39 is 39.2 Å². The molecule has 0 aliphatic heterocycles. The second-order valence-electron chi connectivity index (χ2n) is 10.5. The molecule has 0 aromatic carbocycles. The van der Waals surface area contributed by atoms with Crippen LogP contribution < -0.4 is 5.73 Å². The molecule has 0 spiro atoms. The van der Waals surface area contributed by atoms with Crippen molar-refractivity contribution in [1.82, 2.24) is 0 Å². The Morgan fingerprint density at radius 3 is 1.62 bits per heavy atom. The van der Waals surface area contributed by atoms with Crippen LogP contribution in [0, 0.1) is 0 Å². The number of carboxylic acids is 1. The van der Waals surface area contributed by atoms with Crippen LogP contribution in [-0.2, 0) is 27.9 Å². The van der Waals surface area contributed by atoms with Gasteiger partial charge in [0.1, 0.15) is 12.1 Å². The summed E-state index contributed by atoms with van der Waals surface area (Å²) in [5.41, 5.74) is 5.20. The Morgan fingerprint density at radius 2 is 1.18 bits per heavy atom. The summed E-state index contributed by atoms with van der Waals surface area (Å²) in [5.74, 6) is -1.37. The lowest BCUT2D eigenvalue weighted by atomic mass is 10.0. The van der Waals surface area contributed by atoms with Crippen molar-refractivity contribution in [3.05, 3.63) is 0 Å². The van der Waals surface area contributed by atoms with Crippen molar-refractivity contribution in [2.75, 3.05) is 33.5 Å². The van der Waals surface area contributed by atoms with Gasteiger partial charge in [0.05, 0.1) is 32.5 Å². The molecule has 11 heteroatoms. The Bertz CT molecular complexity index is 612. The molecule has 0 aromatic rings. The number of carbonyl (C=O) groups is 1. The van der Waals surface area contributed by atoms with Crippen molar-refractivity contribution < 1.29 is 43.0 Å². The van der Waals surface area contributed by atoms with E-state index >= 15 is 0 Å². The summed E-state index contributed by atoms with van der Waals surface area (Å²) in [4.78, 5) is 20.1. The number of carboxylic acid groups (broad SMARTS) is 1. The largest absolute Gasteiger partial charge is 0.480 e. The zero-order chi connectivity index (χ0) is 29.2. The number of phosphoric ester groups is 1. The normalized spacial score (nSPS) is 15.6. The lowest BCUT2D eigenvalue weighted by Gasteiger charge is -2.18. The molecule has 0 heterocycles. The highest BCUT2D eigenvalue weighted by Gasteiger charge is 2.25. The zero-order valence-electron chi connectivity index (χ0n) is 24.6. The number of ether oxygens (including phenoxy) is 2. The number of rotatable bonds is 30. The fourth-order valence-electron chi connectivity index (χ4n) is 4.21. The highest BCUT2D eigenvalue weighted by Crippen LogP contribution is 2.43. The summed E-state index contributed by atoms with van der Waals surface area (Å²) in [5, 5.41) is 18.5. The van der Waals surface area contributed by atoms with E-state index in [1.54, 1.807) is 7.11 Å². The van der Waals surface area contributed by atoms with Gasteiger partial charge in [-0.05, 0) is 6.42 Å². The molecule has 2 unspecified atom stereocenters.